The molecule has 1 aromatic rings. The number of rotatable bonds is 0. The molecule has 0 amide bonds. The molecule has 2 heterocycles. The number of phenolic OH excluding ortho intramolecular Hbond substituents is 1. The van der Waals surface area contributed by atoms with Crippen LogP contribution in [0.1, 0.15) is 17.5 Å². The van der Waals surface area contributed by atoms with E-state index >= 15 is 0 Å². The minimum absolute atomic E-state index is 0.160. The van der Waals surface area contributed by atoms with Gasteiger partial charge in [-0.15, -0.1) is 0 Å². The lowest BCUT2D eigenvalue weighted by Crippen LogP contribution is -2.64. The number of aliphatic hydroxyl groups is 1. The maximum absolute atomic E-state index is 10.4. The van der Waals surface area contributed by atoms with Gasteiger partial charge in [0, 0.05) is 22.9 Å². The second kappa shape index (κ2) is 3.62. The number of benzene rings is 1. The average molecular weight is 285 g/mol. The molecule has 1 spiro atoms. The molecule has 110 valence electrons. The summed E-state index contributed by atoms with van der Waals surface area (Å²) in [5.41, 5.74) is 2.29. The minimum atomic E-state index is -0.594. The molecule has 2 aliphatic heterocycles. The summed E-state index contributed by atoms with van der Waals surface area (Å²) in [4.78, 5) is 2.43. The zero-order valence-electron chi connectivity index (χ0n) is 12.0. The molecule has 4 nitrogen and oxygen atoms in total. The predicted molar refractivity (Wildman–Crippen MR) is 77.6 cm³/mol. The second-order valence-corrected chi connectivity index (χ2v) is 6.93. The van der Waals surface area contributed by atoms with Gasteiger partial charge in [-0.25, -0.2) is 0 Å². The fourth-order valence-electron chi connectivity index (χ4n) is 5.24. The quantitative estimate of drug-likeness (QED) is 0.703. The third kappa shape index (κ3) is 1.21. The number of hydrogen-bond donors (Lipinski definition) is 2. The largest absolute Gasteiger partial charge is 0.504 e. The van der Waals surface area contributed by atoms with E-state index in [1.807, 2.05) is 12.1 Å². The summed E-state index contributed by atoms with van der Waals surface area (Å²) in [6.45, 7) is 1.01. The number of aromatic hydroxyl groups is 1. The number of likely N-dealkylation sites (N-methyl/N-ethyl adjacent to an activating group) is 1. The van der Waals surface area contributed by atoms with Crippen LogP contribution < -0.4 is 4.74 Å². The molecule has 0 aromatic heterocycles. The Balaban J connectivity index is 1.84. The van der Waals surface area contributed by atoms with Crippen molar-refractivity contribution in [2.45, 2.75) is 36.5 Å². The van der Waals surface area contributed by atoms with E-state index in [-0.39, 0.29) is 17.3 Å². The van der Waals surface area contributed by atoms with E-state index in [4.69, 9.17) is 4.74 Å². The molecule has 21 heavy (non-hydrogen) atoms. The Hall–Kier alpha value is -1.52. The van der Waals surface area contributed by atoms with Gasteiger partial charge < -0.3 is 19.8 Å². The SMILES string of the molecule is CN1CC[C@]23c4c5ccc(O)c4OC2[C@@H](O)C=CC3C1C5. The van der Waals surface area contributed by atoms with E-state index in [0.717, 1.165) is 19.4 Å². The first-order valence-electron chi connectivity index (χ1n) is 7.71. The van der Waals surface area contributed by atoms with Crippen molar-refractivity contribution in [3.63, 3.8) is 0 Å². The normalized spacial score (nSPS) is 42.6. The van der Waals surface area contributed by atoms with Crippen LogP contribution >= 0.6 is 0 Å². The van der Waals surface area contributed by atoms with E-state index in [2.05, 4.69) is 18.0 Å². The molecule has 4 aliphatic rings. The van der Waals surface area contributed by atoms with Crippen molar-refractivity contribution < 1.29 is 14.9 Å². The lowest BCUT2D eigenvalue weighted by atomic mass is 9.53. The fraction of sp³-hybridized carbons (Fsp3) is 0.529. The summed E-state index contributed by atoms with van der Waals surface area (Å²) in [7, 11) is 2.19. The summed E-state index contributed by atoms with van der Waals surface area (Å²) in [5, 5.41) is 20.6. The number of likely N-dealkylation sites (tertiary alicyclic amines) is 1. The van der Waals surface area contributed by atoms with Gasteiger partial charge in [0.2, 0.25) is 0 Å². The minimum Gasteiger partial charge on any atom is -0.504 e. The van der Waals surface area contributed by atoms with Crippen molar-refractivity contribution >= 4 is 0 Å². The molecule has 4 heteroatoms. The molecule has 1 aromatic carbocycles. The van der Waals surface area contributed by atoms with Crippen LogP contribution in [0.3, 0.4) is 0 Å². The van der Waals surface area contributed by atoms with Gasteiger partial charge in [0.05, 0.1) is 0 Å². The number of ether oxygens (including phenoxy) is 1. The van der Waals surface area contributed by atoms with Crippen LogP contribution in [0.2, 0.25) is 0 Å². The first kappa shape index (κ1) is 12.1. The van der Waals surface area contributed by atoms with E-state index in [9.17, 15) is 10.2 Å². The zero-order valence-corrected chi connectivity index (χ0v) is 12.0. The molecule has 0 radical (unpaired) electrons. The number of nitrogens with zero attached hydrogens (tertiary/aromatic N) is 1. The first-order chi connectivity index (χ1) is 10.1. The van der Waals surface area contributed by atoms with Crippen LogP contribution in [0.15, 0.2) is 24.3 Å². The van der Waals surface area contributed by atoms with Crippen molar-refractivity contribution in [3.05, 3.63) is 35.4 Å². The van der Waals surface area contributed by atoms with Crippen molar-refractivity contribution in [1.29, 1.82) is 0 Å². The van der Waals surface area contributed by atoms with E-state index in [1.165, 1.54) is 11.1 Å². The topological polar surface area (TPSA) is 52.9 Å². The van der Waals surface area contributed by atoms with Crippen LogP contribution in [0.4, 0.5) is 0 Å². The molecule has 2 bridgehead atoms. The molecule has 5 rings (SSSR count). The fourth-order valence-corrected chi connectivity index (χ4v) is 5.24. The van der Waals surface area contributed by atoms with Crippen molar-refractivity contribution in [2.75, 3.05) is 13.6 Å². The van der Waals surface area contributed by atoms with Crippen LogP contribution in [0, 0.1) is 5.92 Å². The molecule has 0 saturated carbocycles. The summed E-state index contributed by atoms with van der Waals surface area (Å²) >= 11 is 0. The van der Waals surface area contributed by atoms with Gasteiger partial charge in [-0.05, 0) is 38.1 Å². The van der Waals surface area contributed by atoms with Gasteiger partial charge in [-0.3, -0.25) is 0 Å². The molecule has 1 fully saturated rings. The predicted octanol–water partition coefficient (Wildman–Crippen LogP) is 1.20. The Morgan fingerprint density at radius 3 is 3.05 bits per heavy atom. The second-order valence-electron chi connectivity index (χ2n) is 6.93. The van der Waals surface area contributed by atoms with Crippen LogP contribution in [-0.2, 0) is 11.8 Å². The van der Waals surface area contributed by atoms with E-state index in [0.29, 0.717) is 17.7 Å². The number of piperidine rings is 1. The molecular formula is C17H19NO3. The highest BCUT2D eigenvalue weighted by Gasteiger charge is 2.64. The molecular weight excluding hydrogens is 266 g/mol. The van der Waals surface area contributed by atoms with Crippen LogP contribution in [0.25, 0.3) is 0 Å². The van der Waals surface area contributed by atoms with Gasteiger partial charge >= 0.3 is 0 Å². The zero-order chi connectivity index (χ0) is 14.4. The highest BCUT2D eigenvalue weighted by atomic mass is 16.5. The summed E-state index contributed by atoms with van der Waals surface area (Å²) < 4.78 is 6.09. The van der Waals surface area contributed by atoms with Crippen LogP contribution in [0.5, 0.6) is 11.5 Å². The van der Waals surface area contributed by atoms with Gasteiger partial charge in [0.25, 0.3) is 0 Å². The summed E-state index contributed by atoms with van der Waals surface area (Å²) in [6, 6.07) is 4.23. The van der Waals surface area contributed by atoms with Crippen molar-refractivity contribution in [1.82, 2.24) is 4.90 Å². The highest BCUT2D eigenvalue weighted by Crippen LogP contribution is 2.62. The first-order valence-corrected chi connectivity index (χ1v) is 7.71. The molecule has 2 aliphatic carbocycles. The molecule has 1 saturated heterocycles. The summed E-state index contributed by atoms with van der Waals surface area (Å²) in [6.07, 6.45) is 5.18. The molecule has 5 atom stereocenters. The lowest BCUT2D eigenvalue weighted by Gasteiger charge is -2.56. The Bertz CT molecular complexity index is 670. The van der Waals surface area contributed by atoms with Crippen LogP contribution in [-0.4, -0.2) is 47.0 Å². The Morgan fingerprint density at radius 1 is 1.33 bits per heavy atom. The van der Waals surface area contributed by atoms with Gasteiger partial charge in [-0.2, -0.15) is 0 Å². The van der Waals surface area contributed by atoms with Gasteiger partial charge in [-0.1, -0.05) is 18.2 Å². The number of hydrogen-bond acceptors (Lipinski definition) is 4. The third-order valence-electron chi connectivity index (χ3n) is 6.15. The Morgan fingerprint density at radius 2 is 2.19 bits per heavy atom. The standard InChI is InChI=1S/C17H19NO3/c1-18-7-6-17-10-3-5-13(20)16(17)21-15-12(19)4-2-9(14(15)17)8-11(10)18/h2-5,10-11,13,16,19-20H,6-8H2,1H3/t10?,11?,13-,16?,17-/m0/s1. The Labute approximate surface area is 123 Å². The smallest absolute Gasteiger partial charge is 0.165 e. The maximum Gasteiger partial charge on any atom is 0.165 e. The van der Waals surface area contributed by atoms with Gasteiger partial charge in [0.1, 0.15) is 12.2 Å². The van der Waals surface area contributed by atoms with E-state index in [1.54, 1.807) is 6.07 Å². The maximum atomic E-state index is 10.4. The monoisotopic (exact) mass is 285 g/mol. The van der Waals surface area contributed by atoms with Gasteiger partial charge in [0.15, 0.2) is 11.5 Å². The van der Waals surface area contributed by atoms with E-state index < -0.39 is 6.10 Å². The number of phenols is 1. The van der Waals surface area contributed by atoms with Crippen molar-refractivity contribution in [3.8, 4) is 11.5 Å². The highest BCUT2D eigenvalue weighted by molar-refractivity contribution is 5.61. The number of aliphatic hydroxyl groups excluding tert-OH is 1. The summed E-state index contributed by atoms with van der Waals surface area (Å²) in [5.74, 6) is 1.19. The lowest BCUT2D eigenvalue weighted by molar-refractivity contribution is -0.0453. The molecule has 2 N–H and O–H groups in total. The van der Waals surface area contributed by atoms with Crippen molar-refractivity contribution in [2.24, 2.45) is 5.92 Å². The molecule has 3 unspecified atom stereocenters. The Kier molecular flexibility index (Phi) is 2.08. The third-order valence-corrected chi connectivity index (χ3v) is 6.15. The average Bonchev–Trinajstić information content (AvgIpc) is 2.83.